The van der Waals surface area contributed by atoms with Gasteiger partial charge in [-0.15, -0.1) is 23.5 Å². The minimum Gasteiger partial charge on any atom is -0.348 e. The molecule has 0 spiro atoms. The van der Waals surface area contributed by atoms with Crippen molar-refractivity contribution in [1.82, 2.24) is 4.57 Å². The fourth-order valence-electron chi connectivity index (χ4n) is 3.46. The highest BCUT2D eigenvalue weighted by Crippen LogP contribution is 2.58. The highest BCUT2D eigenvalue weighted by atomic mass is 32.2. The normalized spacial score (nSPS) is 17.2. The summed E-state index contributed by atoms with van der Waals surface area (Å²) in [7, 11) is 2.18. The van der Waals surface area contributed by atoms with E-state index in [0.29, 0.717) is 0 Å². The third-order valence-corrected chi connectivity index (χ3v) is 8.05. The molecule has 3 heteroatoms. The van der Waals surface area contributed by atoms with Crippen LogP contribution in [0.3, 0.4) is 0 Å². The molecule has 0 N–H and O–H groups in total. The van der Waals surface area contributed by atoms with E-state index in [1.54, 1.807) is 0 Å². The molecule has 0 bridgehead atoms. The molecule has 1 aliphatic heterocycles. The first-order valence-corrected chi connectivity index (χ1v) is 9.59. The highest BCUT2D eigenvalue weighted by molar-refractivity contribution is 8.20. The zero-order chi connectivity index (χ0) is 15.2. The highest BCUT2D eigenvalue weighted by Gasteiger charge is 2.42. The van der Waals surface area contributed by atoms with Crippen molar-refractivity contribution in [3.05, 3.63) is 71.4 Å². The van der Waals surface area contributed by atoms with Gasteiger partial charge in [0.15, 0.2) is 0 Å². The maximum absolute atomic E-state index is 2.34. The average Bonchev–Trinajstić information content (AvgIpc) is 3.14. The first-order valence-electron chi connectivity index (χ1n) is 7.62. The van der Waals surface area contributed by atoms with Crippen LogP contribution in [0.15, 0.2) is 54.6 Å². The van der Waals surface area contributed by atoms with E-state index in [1.807, 2.05) is 0 Å². The topological polar surface area (TPSA) is 4.93 Å². The predicted molar refractivity (Wildman–Crippen MR) is 99.8 cm³/mol. The molecule has 2 aromatic carbocycles. The number of rotatable bonds is 2. The van der Waals surface area contributed by atoms with Gasteiger partial charge in [-0.05, 0) is 18.6 Å². The maximum atomic E-state index is 2.34. The van der Waals surface area contributed by atoms with Crippen molar-refractivity contribution in [2.45, 2.75) is 11.0 Å². The summed E-state index contributed by atoms with van der Waals surface area (Å²) in [5.74, 6) is 2.42. The molecule has 3 aromatic rings. The van der Waals surface area contributed by atoms with Crippen LogP contribution in [0, 0.1) is 6.92 Å². The zero-order valence-electron chi connectivity index (χ0n) is 12.9. The molecule has 0 aliphatic carbocycles. The van der Waals surface area contributed by atoms with Gasteiger partial charge in [-0.3, -0.25) is 0 Å². The zero-order valence-corrected chi connectivity index (χ0v) is 14.5. The van der Waals surface area contributed by atoms with Crippen LogP contribution in [0.4, 0.5) is 0 Å². The summed E-state index contributed by atoms with van der Waals surface area (Å²) in [5.41, 5.74) is 5.62. The Morgan fingerprint density at radius 3 is 2.27 bits per heavy atom. The van der Waals surface area contributed by atoms with Crippen LogP contribution < -0.4 is 0 Å². The summed E-state index contributed by atoms with van der Waals surface area (Å²) in [6.07, 6.45) is 0. The lowest BCUT2D eigenvalue weighted by atomic mass is 10.0. The number of fused-ring (bicyclic) bond motifs is 1. The summed E-state index contributed by atoms with van der Waals surface area (Å²) in [5, 5.41) is 1.40. The van der Waals surface area contributed by atoms with E-state index in [0.717, 1.165) is 0 Å². The monoisotopic (exact) mass is 325 g/mol. The Morgan fingerprint density at radius 1 is 0.909 bits per heavy atom. The summed E-state index contributed by atoms with van der Waals surface area (Å²) in [6, 6.07) is 19.8. The second-order valence-electron chi connectivity index (χ2n) is 5.72. The first-order chi connectivity index (χ1) is 10.7. The molecule has 0 unspecified atom stereocenters. The van der Waals surface area contributed by atoms with E-state index >= 15 is 0 Å². The molecule has 0 radical (unpaired) electrons. The SMILES string of the molecule is Cc1c(C2(c3ccccc3)SCCS2)c2ccccc2n1C. The second kappa shape index (κ2) is 5.39. The fourth-order valence-corrected chi connectivity index (χ4v) is 6.95. The Balaban J connectivity index is 2.05. The Morgan fingerprint density at radius 2 is 1.55 bits per heavy atom. The Kier molecular flexibility index (Phi) is 3.50. The number of hydrogen-bond acceptors (Lipinski definition) is 2. The molecule has 4 rings (SSSR count). The van der Waals surface area contributed by atoms with Crippen LogP contribution in [0.2, 0.25) is 0 Å². The van der Waals surface area contributed by atoms with Crippen LogP contribution >= 0.6 is 23.5 Å². The van der Waals surface area contributed by atoms with Crippen molar-refractivity contribution in [3.63, 3.8) is 0 Å². The lowest BCUT2D eigenvalue weighted by molar-refractivity contribution is 0.894. The third kappa shape index (κ3) is 1.95. The average molecular weight is 326 g/mol. The second-order valence-corrected chi connectivity index (χ2v) is 8.59. The fraction of sp³-hybridized carbons (Fsp3) is 0.263. The molecule has 1 aromatic heterocycles. The lowest BCUT2D eigenvalue weighted by Crippen LogP contribution is -2.17. The van der Waals surface area contributed by atoms with Gasteiger partial charge in [0.25, 0.3) is 0 Å². The van der Waals surface area contributed by atoms with Crippen molar-refractivity contribution in [2.24, 2.45) is 7.05 Å². The lowest BCUT2D eigenvalue weighted by Gasteiger charge is -2.29. The van der Waals surface area contributed by atoms with E-state index < -0.39 is 0 Å². The Bertz CT molecular complexity index is 814. The minimum atomic E-state index is 0.0339. The number of para-hydroxylation sites is 1. The third-order valence-electron chi connectivity index (χ3n) is 4.58. The largest absolute Gasteiger partial charge is 0.348 e. The van der Waals surface area contributed by atoms with Crippen LogP contribution in [0.25, 0.3) is 10.9 Å². The number of aryl methyl sites for hydroxylation is 1. The van der Waals surface area contributed by atoms with Crippen molar-refractivity contribution in [1.29, 1.82) is 0 Å². The van der Waals surface area contributed by atoms with Gasteiger partial charge in [0.05, 0.1) is 0 Å². The minimum absolute atomic E-state index is 0.0339. The summed E-state index contributed by atoms with van der Waals surface area (Å²) in [6.45, 7) is 2.26. The van der Waals surface area contributed by atoms with Gasteiger partial charge in [-0.25, -0.2) is 0 Å². The molecule has 22 heavy (non-hydrogen) atoms. The summed E-state index contributed by atoms with van der Waals surface area (Å²) in [4.78, 5) is 0. The van der Waals surface area contributed by atoms with Gasteiger partial charge in [-0.2, -0.15) is 0 Å². The molecule has 112 valence electrons. The van der Waals surface area contributed by atoms with Crippen molar-refractivity contribution in [3.8, 4) is 0 Å². The number of thioether (sulfide) groups is 2. The van der Waals surface area contributed by atoms with E-state index in [9.17, 15) is 0 Å². The van der Waals surface area contributed by atoms with Crippen LogP contribution in [0.1, 0.15) is 16.8 Å². The number of hydrogen-bond donors (Lipinski definition) is 0. The quantitative estimate of drug-likeness (QED) is 0.640. The summed E-state index contributed by atoms with van der Waals surface area (Å²) >= 11 is 4.18. The molecule has 0 amide bonds. The molecule has 1 nitrogen and oxygen atoms in total. The van der Waals surface area contributed by atoms with Crippen LogP contribution in [-0.4, -0.2) is 16.1 Å². The van der Waals surface area contributed by atoms with E-state index in [4.69, 9.17) is 0 Å². The van der Waals surface area contributed by atoms with Crippen molar-refractivity contribution in [2.75, 3.05) is 11.5 Å². The molecule has 0 saturated carbocycles. The van der Waals surface area contributed by atoms with Crippen molar-refractivity contribution >= 4 is 34.4 Å². The van der Waals surface area contributed by atoms with Crippen molar-refractivity contribution < 1.29 is 0 Å². The Hall–Kier alpha value is -1.32. The number of benzene rings is 2. The van der Waals surface area contributed by atoms with Gasteiger partial charge in [0, 0.05) is 40.7 Å². The number of aromatic nitrogens is 1. The molecular formula is C19H19NS2. The first kappa shape index (κ1) is 14.3. The number of nitrogens with zero attached hydrogens (tertiary/aromatic N) is 1. The molecular weight excluding hydrogens is 306 g/mol. The molecule has 1 fully saturated rings. The van der Waals surface area contributed by atoms with E-state index in [2.05, 4.69) is 96.7 Å². The standard InChI is InChI=1S/C19H19NS2/c1-14-18(16-10-6-7-11-17(16)20(14)2)19(21-12-13-22-19)15-8-4-3-5-9-15/h3-11H,12-13H2,1-2H3. The summed E-state index contributed by atoms with van der Waals surface area (Å²) < 4.78 is 2.38. The molecule has 1 aliphatic rings. The van der Waals surface area contributed by atoms with Crippen LogP contribution in [-0.2, 0) is 11.1 Å². The molecule has 0 atom stereocenters. The van der Waals surface area contributed by atoms with Gasteiger partial charge >= 0.3 is 0 Å². The van der Waals surface area contributed by atoms with Gasteiger partial charge < -0.3 is 4.57 Å². The van der Waals surface area contributed by atoms with Crippen LogP contribution in [0.5, 0.6) is 0 Å². The van der Waals surface area contributed by atoms with Gasteiger partial charge in [0.2, 0.25) is 0 Å². The van der Waals surface area contributed by atoms with E-state index in [1.165, 1.54) is 39.2 Å². The smallest absolute Gasteiger partial charge is 0.114 e. The van der Waals surface area contributed by atoms with Gasteiger partial charge in [0.1, 0.15) is 4.08 Å². The van der Waals surface area contributed by atoms with Gasteiger partial charge in [-0.1, -0.05) is 48.5 Å². The molecule has 1 saturated heterocycles. The van der Waals surface area contributed by atoms with E-state index in [-0.39, 0.29) is 4.08 Å². The Labute approximate surface area is 140 Å². The maximum Gasteiger partial charge on any atom is 0.114 e. The molecule has 2 heterocycles. The predicted octanol–water partition coefficient (Wildman–Crippen LogP) is 5.17.